The van der Waals surface area contributed by atoms with Gasteiger partial charge in [0, 0.05) is 13.7 Å². The molecule has 1 aliphatic rings. The van der Waals surface area contributed by atoms with Crippen molar-refractivity contribution < 1.29 is 18.7 Å². The lowest BCUT2D eigenvalue weighted by Gasteiger charge is -2.38. The summed E-state index contributed by atoms with van der Waals surface area (Å²) < 4.78 is 23.8. The fraction of sp³-hybridized carbons (Fsp3) is 0.533. The number of hydrogen-bond donors (Lipinski definition) is 1. The minimum Gasteiger partial charge on any atom is -0.383 e. The highest BCUT2D eigenvalue weighted by molar-refractivity contribution is 5.85. The number of hydrogen-bond acceptors (Lipinski definition) is 4. The van der Waals surface area contributed by atoms with E-state index in [-0.39, 0.29) is 42.9 Å². The molecule has 0 radical (unpaired) electrons. The van der Waals surface area contributed by atoms with E-state index in [4.69, 9.17) is 15.2 Å². The van der Waals surface area contributed by atoms with E-state index in [1.54, 1.807) is 17.0 Å². The number of ether oxygens (including phenoxy) is 2. The Hall–Kier alpha value is -1.21. The van der Waals surface area contributed by atoms with Crippen molar-refractivity contribution >= 4 is 18.3 Å². The van der Waals surface area contributed by atoms with Crippen LogP contribution in [0.15, 0.2) is 24.3 Å². The van der Waals surface area contributed by atoms with Crippen molar-refractivity contribution in [3.63, 3.8) is 0 Å². The zero-order chi connectivity index (χ0) is 15.4. The number of carbonyl (C=O) groups excluding carboxylic acids is 1. The number of nitrogens with zero attached hydrogens (tertiary/aromatic N) is 1. The van der Waals surface area contributed by atoms with Crippen molar-refractivity contribution in [2.24, 2.45) is 5.73 Å². The molecular formula is C15H22ClFN2O3. The minimum absolute atomic E-state index is 0. The van der Waals surface area contributed by atoms with Crippen molar-refractivity contribution in [3.05, 3.63) is 35.6 Å². The molecule has 1 saturated heterocycles. The monoisotopic (exact) mass is 332 g/mol. The molecule has 1 amide bonds. The summed E-state index contributed by atoms with van der Waals surface area (Å²) in [5, 5.41) is 0. The molecule has 5 nitrogen and oxygen atoms in total. The topological polar surface area (TPSA) is 64.8 Å². The van der Waals surface area contributed by atoms with E-state index >= 15 is 0 Å². The summed E-state index contributed by atoms with van der Waals surface area (Å²) in [6.07, 6.45) is -0.374. The molecule has 7 heteroatoms. The van der Waals surface area contributed by atoms with Gasteiger partial charge in [0.2, 0.25) is 5.91 Å². The van der Waals surface area contributed by atoms with Gasteiger partial charge in [-0.25, -0.2) is 4.39 Å². The highest BCUT2D eigenvalue weighted by atomic mass is 35.5. The van der Waals surface area contributed by atoms with Gasteiger partial charge in [-0.3, -0.25) is 4.79 Å². The smallest absolute Gasteiger partial charge is 0.242 e. The van der Waals surface area contributed by atoms with E-state index in [0.717, 1.165) is 5.56 Å². The Labute approximate surface area is 136 Å². The van der Waals surface area contributed by atoms with Crippen LogP contribution in [0.25, 0.3) is 0 Å². The number of benzene rings is 1. The average molecular weight is 333 g/mol. The van der Waals surface area contributed by atoms with Gasteiger partial charge in [-0.2, -0.15) is 0 Å². The normalized spacial score (nSPS) is 22.8. The molecule has 0 aliphatic carbocycles. The molecule has 22 heavy (non-hydrogen) atoms. The first-order chi connectivity index (χ1) is 10.0. The van der Waals surface area contributed by atoms with Gasteiger partial charge in [0.15, 0.2) is 0 Å². The predicted octanol–water partition coefficient (Wildman–Crippen LogP) is 1.51. The lowest BCUT2D eigenvalue weighted by atomic mass is 10.1. The van der Waals surface area contributed by atoms with Crippen LogP contribution in [0.2, 0.25) is 0 Å². The molecule has 1 aliphatic heterocycles. The number of carbonyl (C=O) groups is 1. The second-order valence-electron chi connectivity index (χ2n) is 5.29. The largest absolute Gasteiger partial charge is 0.383 e. The third-order valence-electron chi connectivity index (χ3n) is 3.48. The van der Waals surface area contributed by atoms with Crippen molar-refractivity contribution in [2.75, 3.05) is 26.8 Å². The van der Waals surface area contributed by atoms with Crippen LogP contribution in [0, 0.1) is 5.82 Å². The molecule has 3 unspecified atom stereocenters. The number of methoxy groups -OCH3 is 1. The summed E-state index contributed by atoms with van der Waals surface area (Å²) in [6.45, 7) is 2.99. The molecule has 124 valence electrons. The number of nitrogens with two attached hydrogens (primary N) is 1. The summed E-state index contributed by atoms with van der Waals surface area (Å²) in [6, 6.07) is 5.46. The van der Waals surface area contributed by atoms with E-state index in [1.807, 2.05) is 6.92 Å². The molecule has 1 heterocycles. The first-order valence-electron chi connectivity index (χ1n) is 6.95. The second-order valence-corrected chi connectivity index (χ2v) is 5.29. The van der Waals surface area contributed by atoms with Crippen LogP contribution in [0.5, 0.6) is 0 Å². The Morgan fingerprint density at radius 1 is 1.45 bits per heavy atom. The summed E-state index contributed by atoms with van der Waals surface area (Å²) >= 11 is 0. The first kappa shape index (κ1) is 18.8. The molecule has 3 atom stereocenters. The van der Waals surface area contributed by atoms with Crippen LogP contribution in [-0.4, -0.2) is 49.8 Å². The highest BCUT2D eigenvalue weighted by Gasteiger charge is 2.31. The van der Waals surface area contributed by atoms with Crippen LogP contribution in [0.1, 0.15) is 18.6 Å². The Morgan fingerprint density at radius 2 is 2.09 bits per heavy atom. The van der Waals surface area contributed by atoms with Crippen LogP contribution in [0.4, 0.5) is 4.39 Å². The number of halogens is 2. The quantitative estimate of drug-likeness (QED) is 0.907. The van der Waals surface area contributed by atoms with Crippen molar-refractivity contribution in [1.82, 2.24) is 4.90 Å². The molecule has 2 N–H and O–H groups in total. The van der Waals surface area contributed by atoms with E-state index in [1.165, 1.54) is 19.2 Å². The van der Waals surface area contributed by atoms with Crippen LogP contribution in [0.3, 0.4) is 0 Å². The van der Waals surface area contributed by atoms with E-state index in [9.17, 15) is 9.18 Å². The summed E-state index contributed by atoms with van der Waals surface area (Å²) in [5.41, 5.74) is 6.65. The standard InChI is InChI=1S/C15H21FN2O3.ClH/c1-10-7-18(15(19)13(17)9-20-2)8-14(21-10)11-3-5-12(16)6-4-11;/h3-6,10,13-14H,7-9,17H2,1-2H3;1H. The lowest BCUT2D eigenvalue weighted by Crippen LogP contribution is -2.52. The number of amides is 1. The van der Waals surface area contributed by atoms with Gasteiger partial charge >= 0.3 is 0 Å². The Morgan fingerprint density at radius 3 is 2.68 bits per heavy atom. The van der Waals surface area contributed by atoms with Gasteiger partial charge in [-0.1, -0.05) is 12.1 Å². The zero-order valence-electron chi connectivity index (χ0n) is 12.7. The van der Waals surface area contributed by atoms with Gasteiger partial charge in [0.25, 0.3) is 0 Å². The first-order valence-corrected chi connectivity index (χ1v) is 6.95. The maximum Gasteiger partial charge on any atom is 0.242 e. The van der Waals surface area contributed by atoms with Gasteiger partial charge < -0.3 is 20.1 Å². The van der Waals surface area contributed by atoms with Crippen molar-refractivity contribution in [1.29, 1.82) is 0 Å². The second kappa shape index (κ2) is 8.43. The molecule has 1 fully saturated rings. The highest BCUT2D eigenvalue weighted by Crippen LogP contribution is 2.25. The molecule has 0 saturated carbocycles. The van der Waals surface area contributed by atoms with Crippen molar-refractivity contribution in [3.8, 4) is 0 Å². The molecule has 0 bridgehead atoms. The van der Waals surface area contributed by atoms with Gasteiger partial charge in [-0.05, 0) is 24.6 Å². The molecule has 1 aromatic rings. The van der Waals surface area contributed by atoms with Crippen molar-refractivity contribution in [2.45, 2.75) is 25.2 Å². The van der Waals surface area contributed by atoms with Crippen LogP contribution >= 0.6 is 12.4 Å². The summed E-state index contributed by atoms with van der Waals surface area (Å²) in [7, 11) is 1.51. The maximum atomic E-state index is 13.0. The molecule has 0 aromatic heterocycles. The maximum absolute atomic E-state index is 13.0. The van der Waals surface area contributed by atoms with Crippen LogP contribution < -0.4 is 5.73 Å². The molecular weight excluding hydrogens is 311 g/mol. The Balaban J connectivity index is 0.00000242. The summed E-state index contributed by atoms with van der Waals surface area (Å²) in [5.74, 6) is -0.447. The zero-order valence-corrected chi connectivity index (χ0v) is 13.5. The minimum atomic E-state index is -0.672. The summed E-state index contributed by atoms with van der Waals surface area (Å²) in [4.78, 5) is 14.0. The fourth-order valence-corrected chi connectivity index (χ4v) is 2.48. The van der Waals surface area contributed by atoms with Crippen LogP contribution in [-0.2, 0) is 14.3 Å². The lowest BCUT2D eigenvalue weighted by molar-refractivity contribution is -0.147. The average Bonchev–Trinajstić information content (AvgIpc) is 2.46. The Bertz CT molecular complexity index is 486. The number of rotatable bonds is 4. The van der Waals surface area contributed by atoms with E-state index in [0.29, 0.717) is 13.1 Å². The predicted molar refractivity (Wildman–Crippen MR) is 83.4 cm³/mol. The van der Waals surface area contributed by atoms with E-state index < -0.39 is 6.04 Å². The SMILES string of the molecule is COCC(N)C(=O)N1CC(C)OC(c2ccc(F)cc2)C1.Cl. The third kappa shape index (κ3) is 4.64. The molecule has 1 aromatic carbocycles. The molecule has 0 spiro atoms. The van der Waals surface area contributed by atoms with Gasteiger partial charge in [0.05, 0.1) is 19.3 Å². The number of morpholine rings is 1. The van der Waals surface area contributed by atoms with Gasteiger partial charge in [0.1, 0.15) is 18.0 Å². The van der Waals surface area contributed by atoms with E-state index in [2.05, 4.69) is 0 Å². The molecule has 2 rings (SSSR count). The fourth-order valence-electron chi connectivity index (χ4n) is 2.48. The third-order valence-corrected chi connectivity index (χ3v) is 3.48. The van der Waals surface area contributed by atoms with Gasteiger partial charge in [-0.15, -0.1) is 12.4 Å². The Kier molecular flexibility index (Phi) is 7.22.